The molecule has 2 aromatic carbocycles. The summed E-state index contributed by atoms with van der Waals surface area (Å²) in [5.41, 5.74) is 1.20. The van der Waals surface area contributed by atoms with E-state index in [1.807, 2.05) is 0 Å². The first kappa shape index (κ1) is 24.6. The van der Waals surface area contributed by atoms with Gasteiger partial charge in [0.2, 0.25) is 5.75 Å². The molecular weight excluding hydrogens is 488 g/mol. The third kappa shape index (κ3) is 5.87. The van der Waals surface area contributed by atoms with Crippen LogP contribution in [0, 0.1) is 5.92 Å². The lowest BCUT2D eigenvalue weighted by Gasteiger charge is -2.31. The van der Waals surface area contributed by atoms with Gasteiger partial charge >= 0.3 is 0 Å². The molecule has 1 saturated heterocycles. The third-order valence-corrected chi connectivity index (χ3v) is 6.22. The number of rotatable bonds is 7. The number of amides is 2. The van der Waals surface area contributed by atoms with Crippen LogP contribution in [0.2, 0.25) is 0 Å². The maximum atomic E-state index is 13.4. The van der Waals surface area contributed by atoms with E-state index in [2.05, 4.69) is 28.2 Å². The number of piperidine rings is 1. The van der Waals surface area contributed by atoms with Gasteiger partial charge in [-0.05, 0) is 61.2 Å². The topological polar surface area (TPSA) is 77.1 Å². The van der Waals surface area contributed by atoms with Crippen molar-refractivity contribution in [1.82, 2.24) is 10.2 Å². The number of nitrogens with zero attached hydrogens (tertiary/aromatic N) is 1. The van der Waals surface area contributed by atoms with E-state index >= 15 is 0 Å². The van der Waals surface area contributed by atoms with Crippen molar-refractivity contribution in [3.63, 3.8) is 0 Å². The number of carbonyl (C=O) groups excluding carboxylic acids is 2. The summed E-state index contributed by atoms with van der Waals surface area (Å²) in [5, 5.41) is 2.81. The van der Waals surface area contributed by atoms with Crippen LogP contribution < -0.4 is 19.5 Å². The number of carbonyl (C=O) groups is 2. The lowest BCUT2D eigenvalue weighted by molar-refractivity contribution is -0.128. The van der Waals surface area contributed by atoms with E-state index in [-0.39, 0.29) is 17.5 Å². The van der Waals surface area contributed by atoms with E-state index in [9.17, 15) is 9.59 Å². The number of benzene rings is 2. The van der Waals surface area contributed by atoms with Gasteiger partial charge in [-0.2, -0.15) is 0 Å². The fraction of sp³-hybridized carbons (Fsp3) is 0.360. The fourth-order valence-corrected chi connectivity index (χ4v) is 3.99. The Kier molecular flexibility index (Phi) is 8.38. The van der Waals surface area contributed by atoms with E-state index in [1.54, 1.807) is 47.4 Å². The average molecular weight is 517 g/mol. The van der Waals surface area contributed by atoms with Crippen LogP contribution in [0.15, 0.2) is 46.6 Å². The molecule has 1 heterocycles. The van der Waals surface area contributed by atoms with Gasteiger partial charge in [-0.1, -0.05) is 22.9 Å². The number of methoxy groups -OCH3 is 3. The van der Waals surface area contributed by atoms with E-state index in [0.717, 1.165) is 17.3 Å². The number of halogens is 1. The highest BCUT2D eigenvalue weighted by Gasteiger charge is 2.25. The van der Waals surface area contributed by atoms with E-state index in [1.165, 1.54) is 21.3 Å². The smallest absolute Gasteiger partial charge is 0.270 e. The Balaban J connectivity index is 2.01. The molecule has 3 rings (SSSR count). The number of nitrogens with one attached hydrogen (secondary N) is 1. The summed E-state index contributed by atoms with van der Waals surface area (Å²) in [6.45, 7) is 3.48. The highest BCUT2D eigenvalue weighted by atomic mass is 79.9. The van der Waals surface area contributed by atoms with Crippen molar-refractivity contribution in [2.75, 3.05) is 34.4 Å². The molecule has 1 aliphatic rings. The predicted octanol–water partition coefficient (Wildman–Crippen LogP) is 4.50. The monoisotopic (exact) mass is 516 g/mol. The van der Waals surface area contributed by atoms with Crippen molar-refractivity contribution in [1.29, 1.82) is 0 Å². The molecule has 7 nitrogen and oxygen atoms in total. The summed E-state index contributed by atoms with van der Waals surface area (Å²) < 4.78 is 17.2. The predicted molar refractivity (Wildman–Crippen MR) is 131 cm³/mol. The van der Waals surface area contributed by atoms with Crippen LogP contribution in [0.3, 0.4) is 0 Å². The molecule has 33 heavy (non-hydrogen) atoms. The van der Waals surface area contributed by atoms with Crippen LogP contribution in [0.1, 0.15) is 35.7 Å². The first-order chi connectivity index (χ1) is 15.9. The molecule has 0 spiro atoms. The van der Waals surface area contributed by atoms with Crippen molar-refractivity contribution in [2.45, 2.75) is 19.8 Å². The van der Waals surface area contributed by atoms with Crippen molar-refractivity contribution < 1.29 is 23.8 Å². The van der Waals surface area contributed by atoms with Gasteiger partial charge in [0.1, 0.15) is 5.70 Å². The molecule has 0 aliphatic carbocycles. The molecule has 1 fully saturated rings. The quantitative estimate of drug-likeness (QED) is 0.548. The van der Waals surface area contributed by atoms with Crippen LogP contribution >= 0.6 is 15.9 Å². The van der Waals surface area contributed by atoms with Gasteiger partial charge in [-0.25, -0.2) is 0 Å². The van der Waals surface area contributed by atoms with Crippen LogP contribution in [0.5, 0.6) is 17.2 Å². The Bertz CT molecular complexity index is 1030. The molecule has 0 aromatic heterocycles. The molecule has 0 unspecified atom stereocenters. The van der Waals surface area contributed by atoms with E-state index < -0.39 is 0 Å². The van der Waals surface area contributed by atoms with Crippen LogP contribution in [-0.4, -0.2) is 51.1 Å². The number of hydrogen-bond donors (Lipinski definition) is 1. The summed E-state index contributed by atoms with van der Waals surface area (Å²) in [5.74, 6) is 1.29. The van der Waals surface area contributed by atoms with Crippen LogP contribution in [-0.2, 0) is 4.79 Å². The highest BCUT2D eigenvalue weighted by Crippen LogP contribution is 2.40. The van der Waals surface area contributed by atoms with Gasteiger partial charge in [-0.15, -0.1) is 0 Å². The van der Waals surface area contributed by atoms with Gasteiger partial charge in [0.25, 0.3) is 11.8 Å². The van der Waals surface area contributed by atoms with Crippen LogP contribution in [0.4, 0.5) is 0 Å². The Labute approximate surface area is 202 Å². The van der Waals surface area contributed by atoms with Gasteiger partial charge in [-0.3, -0.25) is 9.59 Å². The first-order valence-corrected chi connectivity index (χ1v) is 11.5. The van der Waals surface area contributed by atoms with Crippen molar-refractivity contribution >= 4 is 33.8 Å². The normalized spacial score (nSPS) is 14.6. The molecule has 0 atom stereocenters. The molecular formula is C25H29BrN2O5. The highest BCUT2D eigenvalue weighted by molar-refractivity contribution is 9.10. The molecule has 2 amide bonds. The summed E-state index contributed by atoms with van der Waals surface area (Å²) >= 11 is 3.37. The molecule has 0 bridgehead atoms. The van der Waals surface area contributed by atoms with Gasteiger partial charge in [0.05, 0.1) is 21.3 Å². The molecule has 1 N–H and O–H groups in total. The first-order valence-electron chi connectivity index (χ1n) is 10.7. The molecule has 0 radical (unpaired) electrons. The zero-order valence-corrected chi connectivity index (χ0v) is 20.9. The summed E-state index contributed by atoms with van der Waals surface area (Å²) in [6.07, 6.45) is 3.48. The second-order valence-corrected chi connectivity index (χ2v) is 8.83. The molecule has 0 saturated carbocycles. The average Bonchev–Trinajstić information content (AvgIpc) is 2.83. The fourth-order valence-electron chi connectivity index (χ4n) is 3.72. The lowest BCUT2D eigenvalue weighted by Crippen LogP contribution is -2.42. The zero-order chi connectivity index (χ0) is 24.0. The Morgan fingerprint density at radius 3 is 2.18 bits per heavy atom. The van der Waals surface area contributed by atoms with E-state index in [0.29, 0.717) is 47.4 Å². The van der Waals surface area contributed by atoms with Crippen molar-refractivity contribution in [3.05, 3.63) is 57.7 Å². The standard InChI is InChI=1S/C25H29BrN2O5/c1-16-11-13-28(14-12-16)25(30)20(27-24(29)17-5-8-19(26)9-6-17)15-18-7-10-21(31-2)23(33-4)22(18)32-3/h5-10,15-16H,11-14H2,1-4H3,(H,27,29)/b20-15-. The Hall–Kier alpha value is -3.00. The van der Waals surface area contributed by atoms with E-state index in [4.69, 9.17) is 14.2 Å². The van der Waals surface area contributed by atoms with Crippen molar-refractivity contribution in [3.8, 4) is 17.2 Å². The summed E-state index contributed by atoms with van der Waals surface area (Å²) in [7, 11) is 4.57. The zero-order valence-electron chi connectivity index (χ0n) is 19.3. The second-order valence-electron chi connectivity index (χ2n) is 7.92. The van der Waals surface area contributed by atoms with Gasteiger partial charge in [0, 0.05) is 28.7 Å². The second kappa shape index (κ2) is 11.2. The van der Waals surface area contributed by atoms with Crippen molar-refractivity contribution in [2.24, 2.45) is 5.92 Å². The SMILES string of the molecule is COc1ccc(/C=C(\NC(=O)c2ccc(Br)cc2)C(=O)N2CCC(C)CC2)c(OC)c1OC. The maximum Gasteiger partial charge on any atom is 0.270 e. The molecule has 8 heteroatoms. The maximum absolute atomic E-state index is 13.4. The molecule has 1 aliphatic heterocycles. The van der Waals surface area contributed by atoms with Crippen LogP contribution in [0.25, 0.3) is 6.08 Å². The number of ether oxygens (including phenoxy) is 3. The third-order valence-electron chi connectivity index (χ3n) is 5.69. The van der Waals surface area contributed by atoms with Gasteiger partial charge in [0.15, 0.2) is 11.5 Å². The lowest BCUT2D eigenvalue weighted by atomic mass is 9.99. The Morgan fingerprint density at radius 1 is 0.970 bits per heavy atom. The summed E-state index contributed by atoms with van der Waals surface area (Å²) in [6, 6.07) is 10.4. The Morgan fingerprint density at radius 2 is 1.61 bits per heavy atom. The van der Waals surface area contributed by atoms with Gasteiger partial charge < -0.3 is 24.4 Å². The minimum absolute atomic E-state index is 0.169. The summed E-state index contributed by atoms with van der Waals surface area (Å²) in [4.78, 5) is 28.2. The number of hydrogen-bond acceptors (Lipinski definition) is 5. The molecule has 2 aromatic rings. The number of likely N-dealkylation sites (tertiary alicyclic amines) is 1. The minimum Gasteiger partial charge on any atom is -0.493 e. The molecule has 176 valence electrons. The minimum atomic E-state index is -0.369. The largest absolute Gasteiger partial charge is 0.493 e.